The van der Waals surface area contributed by atoms with Gasteiger partial charge in [-0.05, 0) is 116 Å². The van der Waals surface area contributed by atoms with Gasteiger partial charge >= 0.3 is 26.2 Å². The molecule has 2 heterocycles. The molecular formula is C94H112Cl2N3S2Zr2-5. The maximum atomic E-state index is 5.77. The predicted octanol–water partition coefficient (Wildman–Crippen LogP) is 25.7. The number of hydrogen-bond acceptors (Lipinski definition) is 3. The normalized spacial score (nSPS) is 11.4. The molecule has 2 aliphatic rings. The third kappa shape index (κ3) is 49.5. The van der Waals surface area contributed by atoms with Gasteiger partial charge < -0.3 is 27.7 Å². The van der Waals surface area contributed by atoms with Crippen LogP contribution < -0.4 is 0 Å². The summed E-state index contributed by atoms with van der Waals surface area (Å²) >= 11 is 21.0. The van der Waals surface area contributed by atoms with Gasteiger partial charge in [-0.15, -0.1) is 120 Å². The molecule has 0 N–H and O–H groups in total. The molecule has 0 radical (unpaired) electrons. The topological polar surface area (TPSA) is 20.6 Å². The van der Waals surface area contributed by atoms with Crippen molar-refractivity contribution in [2.45, 2.75) is 136 Å². The van der Waals surface area contributed by atoms with Crippen LogP contribution in [0.25, 0.3) is 5.32 Å². The number of thiocarbonyl (C=S) groups is 1. The van der Waals surface area contributed by atoms with Gasteiger partial charge in [0, 0.05) is 45.7 Å². The van der Waals surface area contributed by atoms with E-state index in [0.717, 1.165) is 82.2 Å². The maximum absolute atomic E-state index is 5.77. The zero-order valence-corrected chi connectivity index (χ0v) is 71.0. The molecule has 2 fully saturated rings. The Morgan fingerprint density at radius 3 is 0.893 bits per heavy atom. The Bertz CT molecular complexity index is 3230. The van der Waals surface area contributed by atoms with Crippen molar-refractivity contribution in [2.24, 2.45) is 0 Å². The molecule has 103 heavy (non-hydrogen) atoms. The second-order valence-electron chi connectivity index (χ2n) is 24.8. The Kier molecular flexibility index (Phi) is 60.6. The first-order chi connectivity index (χ1) is 48.6. The fourth-order valence-corrected chi connectivity index (χ4v) is 10.4. The van der Waals surface area contributed by atoms with E-state index in [2.05, 4.69) is 180 Å². The van der Waals surface area contributed by atoms with Crippen LogP contribution in [0.1, 0.15) is 191 Å². The minimum Gasteiger partial charge on any atom is -0.793 e. The minimum absolute atomic E-state index is 0. The third-order valence-electron chi connectivity index (χ3n) is 15.0. The van der Waals surface area contributed by atoms with Crippen LogP contribution in [0.5, 0.6) is 0 Å². The second-order valence-corrected chi connectivity index (χ2v) is 26.5. The van der Waals surface area contributed by atoms with Crippen molar-refractivity contribution in [3.63, 3.8) is 0 Å². The van der Waals surface area contributed by atoms with Gasteiger partial charge in [-0.1, -0.05) is 170 Å². The summed E-state index contributed by atoms with van der Waals surface area (Å²) < 4.78 is 0. The first kappa shape index (κ1) is 98.1. The molecular weight excluding hydrogens is 1490 g/mol. The molecule has 2 saturated heterocycles. The molecule has 1 unspecified atom stereocenters. The number of alkyl halides is 2. The molecule has 0 aromatic heterocycles. The van der Waals surface area contributed by atoms with Crippen LogP contribution >= 0.6 is 35.4 Å². The van der Waals surface area contributed by atoms with Crippen molar-refractivity contribution >= 4 is 58.7 Å². The van der Waals surface area contributed by atoms with Crippen molar-refractivity contribution in [3.8, 4) is 36.0 Å². The molecule has 0 aliphatic carbocycles. The number of piperidine rings is 2. The van der Waals surface area contributed by atoms with E-state index in [0.29, 0.717) is 23.7 Å². The monoisotopic (exact) mass is 1600 g/mol. The number of para-hydroxylation sites is 1. The summed E-state index contributed by atoms with van der Waals surface area (Å²) in [6.45, 7) is 50.3. The summed E-state index contributed by atoms with van der Waals surface area (Å²) in [5.41, 5.74) is 15.6. The molecule has 1 atom stereocenters. The van der Waals surface area contributed by atoms with E-state index in [9.17, 15) is 0 Å². The SMILES string of the molecule is C#CC#CC#CC.CC(C)c1cccc(C(C)C)c1CC(=S)N1CCCCC1.CC(C)c1cccc(C(C)C)c1[N-]C([S-])N1CCCCC1.ClCCl.[CH2-]c1ccccc1.[CH2-]c1ccccc1.[CH2-]c1ccccc1.[CH2-]c1ccccc1.[CH2-]c1ccccc1.[CH2-]c1ccccc1.[CH2-]c1ccccc1.[Zr+4].[Zr]. The van der Waals surface area contributed by atoms with Gasteiger partial charge in [0.1, 0.15) is 0 Å². The average molecular weight is 1600 g/mol. The largest absolute Gasteiger partial charge is 4.00 e. The average Bonchev–Trinajstić information content (AvgIpc) is 0.823. The number of nitrogens with zero attached hydrogens (tertiary/aromatic N) is 3. The molecule has 0 bridgehead atoms. The molecule has 0 amide bonds. The van der Waals surface area contributed by atoms with Crippen LogP contribution in [-0.2, 0) is 71.5 Å². The van der Waals surface area contributed by atoms with E-state index in [1.54, 1.807) is 6.92 Å². The van der Waals surface area contributed by atoms with Gasteiger partial charge in [0.05, 0.1) is 10.3 Å². The van der Waals surface area contributed by atoms with Crippen LogP contribution in [0.4, 0.5) is 5.69 Å². The quantitative estimate of drug-likeness (QED) is 0.0472. The number of hydrogen-bond donors (Lipinski definition) is 0. The Hall–Kier alpha value is -6.90. The number of rotatable bonds is 9. The van der Waals surface area contributed by atoms with Crippen LogP contribution in [0.3, 0.4) is 0 Å². The first-order valence-electron chi connectivity index (χ1n) is 34.8. The van der Waals surface area contributed by atoms with Crippen LogP contribution in [0, 0.1) is 84.5 Å². The molecule has 11 rings (SSSR count). The van der Waals surface area contributed by atoms with E-state index in [1.807, 2.05) is 212 Å². The van der Waals surface area contributed by atoms with Crippen LogP contribution in [0.15, 0.2) is 249 Å². The van der Waals surface area contributed by atoms with Gasteiger partial charge in [0.2, 0.25) is 0 Å². The molecule has 3 nitrogen and oxygen atoms in total. The van der Waals surface area contributed by atoms with Crippen molar-refractivity contribution < 1.29 is 52.4 Å². The first-order valence-corrected chi connectivity index (χ1v) is 36.8. The number of halogens is 2. The summed E-state index contributed by atoms with van der Waals surface area (Å²) in [4.78, 5) is 5.92. The summed E-state index contributed by atoms with van der Waals surface area (Å²) in [5, 5.41) is 5.16. The number of benzene rings is 9. The van der Waals surface area contributed by atoms with Gasteiger partial charge in [0.15, 0.2) is 0 Å². The van der Waals surface area contributed by atoms with E-state index in [1.165, 1.54) is 66.3 Å². The fraction of sp³-hybridized carbons (Fsp3) is 0.277. The van der Waals surface area contributed by atoms with E-state index < -0.39 is 0 Å². The summed E-state index contributed by atoms with van der Waals surface area (Å²) in [5.74, 6) is 14.1. The zero-order valence-electron chi connectivity index (χ0n) is 63.0. The molecule has 9 heteroatoms. The zero-order chi connectivity index (χ0) is 74.8. The minimum atomic E-state index is -0.123. The van der Waals surface area contributed by atoms with Gasteiger partial charge in [-0.2, -0.15) is 178 Å². The fourth-order valence-electron chi connectivity index (χ4n) is 9.78. The summed E-state index contributed by atoms with van der Waals surface area (Å²) in [6, 6.07) is 82.5. The van der Waals surface area contributed by atoms with Crippen molar-refractivity contribution in [3.05, 3.63) is 369 Å². The van der Waals surface area contributed by atoms with Crippen LogP contribution in [-0.4, -0.2) is 51.8 Å². The van der Waals surface area contributed by atoms with Gasteiger partial charge in [0.25, 0.3) is 0 Å². The molecule has 0 saturated carbocycles. The standard InChI is InChI=1S/C19H29NS.C18H29N2S.7C7H7.C7H4.CH2Cl2.2Zr/c1-14(2)16-9-8-10-17(15(3)4)18(16)13-19(21)20-11-6-5-7-12-20;1-13(2)15-9-8-10-16(14(3)4)17(15)19-18(21)20-11-6-5-7-12-20;7*1-7-5-3-2-4-6-7;1-3-5-7-6-4-2;2-1-3;;/h8-10,14-15H,5-7,11-13H2,1-4H3;8-10,13-14,18,21H,5-7,11-12H2,1-4H3;7*2-6H,1H2;1H,2H3;1H2;;/q;8*-1;;;;+4/p-1. The summed E-state index contributed by atoms with van der Waals surface area (Å²) in [7, 11) is 0. The Balaban J connectivity index is 0. The molecule has 0 spiro atoms. The molecule has 9 aromatic rings. The van der Waals surface area contributed by atoms with Gasteiger partial charge in [-0.3, -0.25) is 0 Å². The number of likely N-dealkylation sites (tertiary alicyclic amines) is 2. The Morgan fingerprint density at radius 1 is 0.417 bits per heavy atom. The smallest absolute Gasteiger partial charge is 0.793 e. The van der Waals surface area contributed by atoms with Crippen LogP contribution in [0.2, 0.25) is 0 Å². The molecule has 542 valence electrons. The third-order valence-corrected chi connectivity index (χ3v) is 15.8. The van der Waals surface area contributed by atoms with Crippen molar-refractivity contribution in [2.75, 3.05) is 31.5 Å². The van der Waals surface area contributed by atoms with Gasteiger partial charge in [-0.25, -0.2) is 0 Å². The van der Waals surface area contributed by atoms with E-state index >= 15 is 0 Å². The van der Waals surface area contributed by atoms with E-state index in [4.69, 9.17) is 59.8 Å². The summed E-state index contributed by atoms with van der Waals surface area (Å²) in [6.07, 6.45) is 13.5. The maximum Gasteiger partial charge on any atom is 4.00 e. The van der Waals surface area contributed by atoms with Crippen molar-refractivity contribution in [1.29, 1.82) is 0 Å². The second kappa shape index (κ2) is 63.6. The predicted molar refractivity (Wildman–Crippen MR) is 454 cm³/mol. The molecule has 9 aromatic carbocycles. The van der Waals surface area contributed by atoms with Crippen molar-refractivity contribution in [1.82, 2.24) is 9.80 Å². The van der Waals surface area contributed by atoms with E-state index in [-0.39, 0.29) is 63.2 Å². The Morgan fingerprint density at radius 2 is 0.670 bits per heavy atom. The molecule has 2 aliphatic heterocycles. The Labute approximate surface area is 687 Å². The number of terminal acetylenes is 1.